The minimum Gasteiger partial charge on any atom is -0.494 e. The van der Waals surface area contributed by atoms with Gasteiger partial charge in [0.05, 0.1) is 31.0 Å². The Morgan fingerprint density at radius 1 is 1.08 bits per heavy atom. The van der Waals surface area contributed by atoms with Gasteiger partial charge in [0.25, 0.3) is 5.91 Å². The van der Waals surface area contributed by atoms with E-state index in [9.17, 15) is 36.4 Å². The van der Waals surface area contributed by atoms with Crippen molar-refractivity contribution in [3.8, 4) is 11.6 Å². The number of pyridine rings is 1. The molecule has 3 aliphatic rings. The molecule has 3 N–H and O–H groups in total. The van der Waals surface area contributed by atoms with E-state index < -0.39 is 92.6 Å². The number of fused-ring (bicyclic) bond motifs is 1. The van der Waals surface area contributed by atoms with E-state index >= 15 is 0 Å². The second kappa shape index (κ2) is 14.1. The second-order valence-electron chi connectivity index (χ2n) is 15.5. The predicted molar refractivity (Wildman–Crippen MR) is 186 cm³/mol. The maximum atomic E-state index is 14.4. The lowest BCUT2D eigenvalue weighted by Crippen LogP contribution is -2.60. The number of likely N-dealkylation sites (tertiary alicyclic amines) is 1. The van der Waals surface area contributed by atoms with E-state index in [-0.39, 0.29) is 18.8 Å². The van der Waals surface area contributed by atoms with Crippen LogP contribution < -0.4 is 24.8 Å². The Bertz CT molecular complexity index is 1870. The third-order valence-corrected chi connectivity index (χ3v) is 11.2. The summed E-state index contributed by atoms with van der Waals surface area (Å²) in [5.41, 5.74) is -4.05. The minimum atomic E-state index is -4.14. The normalized spacial score (nSPS) is 23.9. The van der Waals surface area contributed by atoms with Gasteiger partial charge in [-0.3, -0.25) is 19.1 Å². The third kappa shape index (κ3) is 8.45. The molecule has 3 fully saturated rings. The highest BCUT2D eigenvalue weighted by Gasteiger charge is 2.67. The molecule has 5 rings (SSSR count). The molecule has 1 aromatic heterocycles. The van der Waals surface area contributed by atoms with Crippen molar-refractivity contribution in [3.63, 3.8) is 0 Å². The number of carbonyl (C=O) groups is 4. The smallest absolute Gasteiger partial charge is 0.408 e. The Labute approximate surface area is 305 Å². The van der Waals surface area contributed by atoms with E-state index in [1.54, 1.807) is 59.7 Å². The molecule has 14 nitrogen and oxygen atoms in total. The number of aromatic nitrogens is 1. The van der Waals surface area contributed by atoms with Crippen LogP contribution in [-0.2, 0) is 29.1 Å². The molecule has 18 heteroatoms. The summed E-state index contributed by atoms with van der Waals surface area (Å²) in [6.45, 7) is 9.82. The quantitative estimate of drug-likeness (QED) is 0.303. The van der Waals surface area contributed by atoms with Gasteiger partial charge in [0.15, 0.2) is 0 Å². The molecule has 2 heterocycles. The van der Waals surface area contributed by atoms with E-state index in [0.29, 0.717) is 34.4 Å². The molecule has 4 amide bonds. The van der Waals surface area contributed by atoms with Crippen molar-refractivity contribution in [1.29, 1.82) is 0 Å². The van der Waals surface area contributed by atoms with Gasteiger partial charge in [-0.25, -0.2) is 27.0 Å². The monoisotopic (exact) mass is 771 g/mol. The topological polar surface area (TPSA) is 182 Å². The van der Waals surface area contributed by atoms with E-state index in [2.05, 4.69) is 15.6 Å². The first-order chi connectivity index (χ1) is 24.1. The highest BCUT2D eigenvalue weighted by Crippen LogP contribution is 2.48. The van der Waals surface area contributed by atoms with Gasteiger partial charge < -0.3 is 29.7 Å². The van der Waals surface area contributed by atoms with Crippen LogP contribution in [0.3, 0.4) is 0 Å². The van der Waals surface area contributed by atoms with Crippen LogP contribution in [0, 0.1) is 11.3 Å². The molecule has 1 aromatic carbocycles. The van der Waals surface area contributed by atoms with Crippen LogP contribution in [0.1, 0.15) is 67.2 Å². The van der Waals surface area contributed by atoms with Crippen LogP contribution >= 0.6 is 11.6 Å². The summed E-state index contributed by atoms with van der Waals surface area (Å²) in [5.74, 6) is -4.09. The van der Waals surface area contributed by atoms with Crippen LogP contribution in [-0.4, -0.2) is 96.8 Å². The zero-order valence-electron chi connectivity index (χ0n) is 29.9. The summed E-state index contributed by atoms with van der Waals surface area (Å²) in [4.78, 5) is 60.2. The fourth-order valence-corrected chi connectivity index (χ4v) is 7.77. The average molecular weight is 772 g/mol. The van der Waals surface area contributed by atoms with Crippen LogP contribution in [0.5, 0.6) is 11.6 Å². The van der Waals surface area contributed by atoms with Crippen LogP contribution in [0.2, 0.25) is 5.02 Å². The maximum absolute atomic E-state index is 14.4. The molecule has 0 spiro atoms. The van der Waals surface area contributed by atoms with Crippen molar-refractivity contribution in [2.24, 2.45) is 11.3 Å². The Hall–Kier alpha value is -3.99. The third-order valence-electron chi connectivity index (χ3n) is 9.17. The number of halogens is 3. The fourth-order valence-electron chi connectivity index (χ4n) is 6.23. The first-order valence-corrected chi connectivity index (χ1v) is 18.7. The van der Waals surface area contributed by atoms with Gasteiger partial charge >= 0.3 is 6.09 Å². The van der Waals surface area contributed by atoms with E-state index in [1.165, 1.54) is 13.3 Å². The van der Waals surface area contributed by atoms with E-state index in [0.717, 1.165) is 4.90 Å². The van der Waals surface area contributed by atoms with Crippen molar-refractivity contribution in [2.75, 3.05) is 13.7 Å². The van der Waals surface area contributed by atoms with Crippen molar-refractivity contribution in [1.82, 2.24) is 25.2 Å². The van der Waals surface area contributed by atoms with Crippen LogP contribution in [0.15, 0.2) is 24.4 Å². The molecular weight excluding hydrogens is 728 g/mol. The van der Waals surface area contributed by atoms with Gasteiger partial charge in [-0.1, -0.05) is 32.4 Å². The van der Waals surface area contributed by atoms with Crippen molar-refractivity contribution in [2.45, 2.75) is 108 Å². The Morgan fingerprint density at radius 3 is 2.31 bits per heavy atom. The molecule has 5 atom stereocenters. The summed E-state index contributed by atoms with van der Waals surface area (Å²) < 4.78 is 72.3. The van der Waals surface area contributed by atoms with Gasteiger partial charge in [-0.2, -0.15) is 0 Å². The van der Waals surface area contributed by atoms with Gasteiger partial charge in [-0.15, -0.1) is 0 Å². The number of hydrogen-bond donors (Lipinski definition) is 3. The number of methoxy groups -OCH3 is 1. The lowest BCUT2D eigenvalue weighted by atomic mass is 9.85. The molecule has 1 saturated heterocycles. The molecule has 2 aliphatic carbocycles. The largest absolute Gasteiger partial charge is 0.494 e. The number of carbonyl (C=O) groups excluding carboxylic acids is 4. The van der Waals surface area contributed by atoms with E-state index in [1.807, 2.05) is 4.72 Å². The zero-order valence-corrected chi connectivity index (χ0v) is 31.5. The summed E-state index contributed by atoms with van der Waals surface area (Å²) in [5, 5.41) is 5.64. The van der Waals surface area contributed by atoms with Crippen LogP contribution in [0.25, 0.3) is 10.8 Å². The SMILES string of the molecule is COc1cnc(O[C@@H]2C[C@@H](C(=O)N[C@@]3(C(=O)NS(=O)(=O)C4CC4)C[C@@H]3C(F)F)N(C(=O)[C@@H](NC(=O)OC(C)(C)C)C(C)(C)C)C2)c2cc(Cl)ccc12. The van der Waals surface area contributed by atoms with Crippen molar-refractivity contribution >= 4 is 56.2 Å². The van der Waals surface area contributed by atoms with Crippen molar-refractivity contribution < 1.29 is 50.6 Å². The molecule has 0 radical (unpaired) electrons. The maximum Gasteiger partial charge on any atom is 0.408 e. The van der Waals surface area contributed by atoms with E-state index in [4.69, 9.17) is 25.8 Å². The lowest BCUT2D eigenvalue weighted by molar-refractivity contribution is -0.143. The Kier molecular flexibility index (Phi) is 10.6. The van der Waals surface area contributed by atoms with Crippen LogP contribution in [0.4, 0.5) is 13.6 Å². The van der Waals surface area contributed by atoms with Crippen molar-refractivity contribution in [3.05, 3.63) is 29.4 Å². The standard InChI is InChI=1S/C34H44ClF2N5O9S/c1-32(2,3)25(39-31(46)51-33(4,5)6)29(44)42-16-18(50-28-21-12-17(35)8-11-20(21)24(49-7)15-38-28)13-23(42)27(43)40-34(14-22(34)26(36)37)30(45)41-52(47,48)19-9-10-19/h8,11-12,15,18-19,22-23,25-26H,9-10,13-14,16H2,1-7H3,(H,39,46)(H,40,43)(H,41,45)/t18-,22-,23+,25-,34+/m1/s1. The molecule has 286 valence electrons. The fraction of sp³-hybridized carbons (Fsp3) is 0.618. The highest BCUT2D eigenvalue weighted by atomic mass is 35.5. The number of rotatable bonds is 11. The summed E-state index contributed by atoms with van der Waals surface area (Å²) in [7, 11) is -2.67. The molecule has 52 heavy (non-hydrogen) atoms. The summed E-state index contributed by atoms with van der Waals surface area (Å²) >= 11 is 6.28. The average Bonchev–Trinajstić information content (AvgIpc) is 3.95. The Balaban J connectivity index is 1.47. The molecule has 2 aromatic rings. The summed E-state index contributed by atoms with van der Waals surface area (Å²) in [6, 6.07) is 2.33. The molecule has 0 unspecified atom stereocenters. The first kappa shape index (κ1) is 39.2. The number of alkyl halides is 2. The molecule has 0 bridgehead atoms. The minimum absolute atomic E-state index is 0.108. The van der Waals surface area contributed by atoms with Gasteiger partial charge in [0, 0.05) is 22.2 Å². The number of sulfonamides is 1. The Morgan fingerprint density at radius 2 is 1.75 bits per heavy atom. The molecule has 2 saturated carbocycles. The van der Waals surface area contributed by atoms with Gasteiger partial charge in [0.2, 0.25) is 34.1 Å². The number of nitrogens with zero attached hydrogens (tertiary/aromatic N) is 2. The highest BCUT2D eigenvalue weighted by molar-refractivity contribution is 7.91. The van der Waals surface area contributed by atoms with Gasteiger partial charge in [0.1, 0.15) is 35.1 Å². The number of ether oxygens (including phenoxy) is 3. The first-order valence-electron chi connectivity index (χ1n) is 16.8. The number of nitrogens with one attached hydrogen (secondary N) is 3. The summed E-state index contributed by atoms with van der Waals surface area (Å²) in [6.07, 6.45) is -3.49. The molecular formula is C34H44ClF2N5O9S. The predicted octanol–water partition coefficient (Wildman–Crippen LogP) is 3.93. The lowest BCUT2D eigenvalue weighted by Gasteiger charge is -2.36. The number of hydrogen-bond acceptors (Lipinski definition) is 10. The zero-order chi connectivity index (χ0) is 38.6. The second-order valence-corrected chi connectivity index (χ2v) is 17.9. The number of amides is 4. The number of alkyl carbamates (subject to hydrolysis) is 1. The van der Waals surface area contributed by atoms with Gasteiger partial charge in [-0.05, 0) is 63.6 Å². The number of benzene rings is 1. The molecule has 1 aliphatic heterocycles.